The molecule has 2 unspecified atom stereocenters. The van der Waals surface area contributed by atoms with Gasteiger partial charge in [0.15, 0.2) is 0 Å². The van der Waals surface area contributed by atoms with E-state index in [1.807, 2.05) is 0 Å². The topological polar surface area (TPSA) is 95.9 Å². The maximum absolute atomic E-state index is 12.4. The predicted octanol–water partition coefficient (Wildman–Crippen LogP) is 22.5. The number of hydrogen-bond donors (Lipinski definition) is 3. The van der Waals surface area contributed by atoms with E-state index in [-0.39, 0.29) is 18.5 Å². The molecule has 0 saturated heterocycles. The smallest absolute Gasteiger partial charge is 0.305 e. The first-order chi connectivity index (χ1) is 38.0. The van der Waals surface area contributed by atoms with Crippen LogP contribution in [-0.2, 0) is 14.3 Å². The number of esters is 1. The Morgan fingerprint density at radius 1 is 0.351 bits per heavy atom. The van der Waals surface area contributed by atoms with Crippen LogP contribution >= 0.6 is 0 Å². The van der Waals surface area contributed by atoms with E-state index in [1.165, 1.54) is 315 Å². The molecule has 2 atom stereocenters. The first-order valence-electron chi connectivity index (χ1n) is 35.1. The zero-order valence-electron chi connectivity index (χ0n) is 52.2. The SMILES string of the molecule is CCCCCCCCC/C=C\CCCCCCCCCC(=O)OCCCCCCCCCCCCCC/C=C\CCCCCCCCCCCCCCCCCCC(=O)NC(CO)C(O)CCCCCCCCCCCC. The second kappa shape index (κ2) is 66.8. The zero-order valence-corrected chi connectivity index (χ0v) is 52.2. The summed E-state index contributed by atoms with van der Waals surface area (Å²) in [6, 6.07) is -0.537. The minimum Gasteiger partial charge on any atom is -0.466 e. The van der Waals surface area contributed by atoms with Crippen molar-refractivity contribution in [1.82, 2.24) is 5.32 Å². The van der Waals surface area contributed by atoms with Gasteiger partial charge >= 0.3 is 5.97 Å². The number of aliphatic hydroxyl groups is 2. The Morgan fingerprint density at radius 2 is 0.610 bits per heavy atom. The zero-order chi connectivity index (χ0) is 55.7. The molecule has 0 aliphatic carbocycles. The molecule has 0 heterocycles. The van der Waals surface area contributed by atoms with Crippen molar-refractivity contribution in [2.24, 2.45) is 0 Å². The largest absolute Gasteiger partial charge is 0.466 e. The fraction of sp³-hybridized carbons (Fsp3) is 0.915. The van der Waals surface area contributed by atoms with Crippen LogP contribution in [0.1, 0.15) is 393 Å². The Kier molecular flexibility index (Phi) is 65.4. The normalized spacial score (nSPS) is 12.6. The number of aliphatic hydroxyl groups excluding tert-OH is 2. The highest BCUT2D eigenvalue weighted by Gasteiger charge is 2.20. The molecule has 0 aromatic carbocycles. The predicted molar refractivity (Wildman–Crippen MR) is 338 cm³/mol. The quantitative estimate of drug-likeness (QED) is 0.0320. The molecule has 6 nitrogen and oxygen atoms in total. The molecule has 0 rings (SSSR count). The minimum absolute atomic E-state index is 0.0158. The van der Waals surface area contributed by atoms with Gasteiger partial charge in [0.25, 0.3) is 0 Å². The van der Waals surface area contributed by atoms with Crippen molar-refractivity contribution < 1.29 is 24.5 Å². The summed E-state index contributed by atoms with van der Waals surface area (Å²) in [5.41, 5.74) is 0. The lowest BCUT2D eigenvalue weighted by molar-refractivity contribution is -0.143. The fourth-order valence-electron chi connectivity index (χ4n) is 11.1. The van der Waals surface area contributed by atoms with E-state index in [0.717, 1.165) is 44.9 Å². The van der Waals surface area contributed by atoms with Gasteiger partial charge in [-0.25, -0.2) is 0 Å². The molecule has 0 bridgehead atoms. The van der Waals surface area contributed by atoms with E-state index >= 15 is 0 Å². The number of ether oxygens (including phenoxy) is 1. The molecular formula is C71H137NO5. The van der Waals surface area contributed by atoms with Gasteiger partial charge < -0.3 is 20.3 Å². The van der Waals surface area contributed by atoms with Gasteiger partial charge in [-0.3, -0.25) is 9.59 Å². The van der Waals surface area contributed by atoms with Crippen LogP contribution in [0.25, 0.3) is 0 Å². The third-order valence-corrected chi connectivity index (χ3v) is 16.5. The highest BCUT2D eigenvalue weighted by atomic mass is 16.5. The molecule has 6 heteroatoms. The second-order valence-electron chi connectivity index (χ2n) is 24.2. The lowest BCUT2D eigenvalue weighted by atomic mass is 10.0. The number of nitrogens with one attached hydrogen (secondary N) is 1. The first kappa shape index (κ1) is 75.3. The maximum Gasteiger partial charge on any atom is 0.305 e. The Bertz CT molecular complexity index is 1200. The Hall–Kier alpha value is -1.66. The van der Waals surface area contributed by atoms with Crippen molar-refractivity contribution >= 4 is 11.9 Å². The molecule has 0 aliphatic heterocycles. The van der Waals surface area contributed by atoms with Crippen LogP contribution in [0.4, 0.5) is 0 Å². The summed E-state index contributed by atoms with van der Waals surface area (Å²) in [6.07, 6.45) is 83.9. The molecule has 0 aliphatic rings. The first-order valence-corrected chi connectivity index (χ1v) is 35.1. The monoisotopic (exact) mass is 1080 g/mol. The lowest BCUT2D eigenvalue weighted by Gasteiger charge is -2.22. The molecule has 3 N–H and O–H groups in total. The van der Waals surface area contributed by atoms with Crippen molar-refractivity contribution in [3.8, 4) is 0 Å². The van der Waals surface area contributed by atoms with Crippen LogP contribution in [0.5, 0.6) is 0 Å². The Balaban J connectivity index is 3.32. The van der Waals surface area contributed by atoms with Crippen LogP contribution in [0.2, 0.25) is 0 Å². The third kappa shape index (κ3) is 63.4. The van der Waals surface area contributed by atoms with Gasteiger partial charge in [-0.1, -0.05) is 327 Å². The van der Waals surface area contributed by atoms with Gasteiger partial charge in [0.1, 0.15) is 0 Å². The van der Waals surface area contributed by atoms with E-state index in [4.69, 9.17) is 4.74 Å². The molecule has 0 saturated carbocycles. The van der Waals surface area contributed by atoms with Crippen molar-refractivity contribution in [2.45, 2.75) is 405 Å². The average molecular weight is 1080 g/mol. The molecule has 0 aromatic heterocycles. The summed E-state index contributed by atoms with van der Waals surface area (Å²) in [4.78, 5) is 24.5. The highest BCUT2D eigenvalue weighted by molar-refractivity contribution is 5.76. The molecule has 77 heavy (non-hydrogen) atoms. The van der Waals surface area contributed by atoms with Crippen LogP contribution in [0.15, 0.2) is 24.3 Å². The molecule has 0 fully saturated rings. The number of carbonyl (C=O) groups is 2. The standard InChI is InChI=1S/C71H137NO5/c1-3-5-7-9-11-13-15-16-17-18-36-39-42-45-49-53-57-61-65-71(76)77-66-62-58-54-50-46-43-40-37-34-32-30-28-26-24-22-20-19-21-23-25-27-29-31-33-35-38-41-44-48-52-56-60-64-70(75)72-68(67-73)69(74)63-59-55-51-47-14-12-10-8-6-4-2/h17-18,22,24,68-69,73-74H,3-16,19-21,23,25-67H2,1-2H3,(H,72,75)/b18-17-,24-22-. The number of amides is 1. The van der Waals surface area contributed by atoms with Gasteiger partial charge in [-0.2, -0.15) is 0 Å². The van der Waals surface area contributed by atoms with Gasteiger partial charge in [0.05, 0.1) is 25.4 Å². The van der Waals surface area contributed by atoms with Crippen molar-refractivity contribution in [3.05, 3.63) is 24.3 Å². The third-order valence-electron chi connectivity index (χ3n) is 16.5. The summed E-state index contributed by atoms with van der Waals surface area (Å²) in [5, 5.41) is 23.2. The maximum atomic E-state index is 12.4. The summed E-state index contributed by atoms with van der Waals surface area (Å²) in [7, 11) is 0. The van der Waals surface area contributed by atoms with Crippen molar-refractivity contribution in [3.63, 3.8) is 0 Å². The van der Waals surface area contributed by atoms with Gasteiger partial charge in [0.2, 0.25) is 5.91 Å². The van der Waals surface area contributed by atoms with Crippen LogP contribution in [0, 0.1) is 0 Å². The van der Waals surface area contributed by atoms with E-state index in [0.29, 0.717) is 25.9 Å². The Morgan fingerprint density at radius 3 is 0.922 bits per heavy atom. The highest BCUT2D eigenvalue weighted by Crippen LogP contribution is 2.18. The van der Waals surface area contributed by atoms with Crippen molar-refractivity contribution in [1.29, 1.82) is 0 Å². The molecule has 0 aromatic rings. The summed E-state index contributed by atoms with van der Waals surface area (Å²) < 4.78 is 5.51. The number of carbonyl (C=O) groups excluding carboxylic acids is 2. The van der Waals surface area contributed by atoms with Crippen LogP contribution < -0.4 is 5.32 Å². The molecular weight excluding hydrogens is 947 g/mol. The van der Waals surface area contributed by atoms with Gasteiger partial charge in [-0.15, -0.1) is 0 Å². The molecule has 1 amide bonds. The summed E-state index contributed by atoms with van der Waals surface area (Å²) in [6.45, 7) is 4.96. The lowest BCUT2D eigenvalue weighted by Crippen LogP contribution is -2.45. The second-order valence-corrected chi connectivity index (χ2v) is 24.2. The average Bonchev–Trinajstić information content (AvgIpc) is 3.43. The summed E-state index contributed by atoms with van der Waals surface area (Å²) in [5.74, 6) is -0.0164. The van der Waals surface area contributed by atoms with Gasteiger partial charge in [0, 0.05) is 12.8 Å². The van der Waals surface area contributed by atoms with E-state index in [1.54, 1.807) is 0 Å². The molecule has 0 spiro atoms. The fourth-order valence-corrected chi connectivity index (χ4v) is 11.1. The number of hydrogen-bond acceptors (Lipinski definition) is 5. The summed E-state index contributed by atoms with van der Waals surface area (Å²) >= 11 is 0. The minimum atomic E-state index is -0.660. The Labute approximate surface area is 481 Å². The van der Waals surface area contributed by atoms with Crippen LogP contribution in [-0.4, -0.2) is 47.4 Å². The van der Waals surface area contributed by atoms with Gasteiger partial charge in [-0.05, 0) is 77.0 Å². The number of unbranched alkanes of at least 4 members (excludes halogenated alkanes) is 51. The number of rotatable bonds is 66. The van der Waals surface area contributed by atoms with E-state index < -0.39 is 12.1 Å². The number of allylic oxidation sites excluding steroid dienone is 4. The van der Waals surface area contributed by atoms with Crippen molar-refractivity contribution in [2.75, 3.05) is 13.2 Å². The van der Waals surface area contributed by atoms with Crippen LogP contribution in [0.3, 0.4) is 0 Å². The van der Waals surface area contributed by atoms with E-state index in [9.17, 15) is 19.8 Å². The molecule has 0 radical (unpaired) electrons. The van der Waals surface area contributed by atoms with E-state index in [2.05, 4.69) is 43.5 Å². The molecule has 456 valence electrons.